The molecule has 0 spiro atoms. The van der Waals surface area contributed by atoms with Crippen LogP contribution in [0.1, 0.15) is 37.5 Å². The van der Waals surface area contributed by atoms with E-state index in [-0.39, 0.29) is 17.8 Å². The number of anilines is 2. The smallest absolute Gasteiger partial charge is 0.228 e. The molecule has 1 heterocycles. The minimum Gasteiger partial charge on any atom is -1.00 e. The number of rotatable bonds is 13. The Hall–Kier alpha value is -2.78. The first kappa shape index (κ1) is 29.5. The zero-order valence-corrected chi connectivity index (χ0v) is 22.6. The molecule has 0 unspecified atom stereocenters. The average Bonchev–Trinajstić information content (AvgIpc) is 2.85. The second-order valence-corrected chi connectivity index (χ2v) is 9.48. The minimum atomic E-state index is 0. The summed E-state index contributed by atoms with van der Waals surface area (Å²) in [5, 5.41) is 6.60. The molecule has 0 fully saturated rings. The first-order chi connectivity index (χ1) is 16.8. The van der Waals surface area contributed by atoms with E-state index in [2.05, 4.69) is 108 Å². The van der Waals surface area contributed by atoms with Gasteiger partial charge >= 0.3 is 0 Å². The van der Waals surface area contributed by atoms with Crippen molar-refractivity contribution in [3.63, 3.8) is 0 Å². The molecular weight excluding hydrogens is 476 g/mol. The molecule has 0 aliphatic rings. The fourth-order valence-electron chi connectivity index (χ4n) is 3.33. The summed E-state index contributed by atoms with van der Waals surface area (Å²) in [6.45, 7) is 13.0. The van der Waals surface area contributed by atoms with Crippen molar-refractivity contribution in [3.8, 4) is 11.4 Å². The SMILES string of the molecule is Cc1ccc(CNc2nc(NCCOCCOCC[NH3+])nc(-c3ccc(C(C)(C)C)cc3)n2)cc1.[Cl-]. The summed E-state index contributed by atoms with van der Waals surface area (Å²) in [6.07, 6.45) is 0. The quantitative estimate of drug-likeness (QED) is 0.284. The van der Waals surface area contributed by atoms with E-state index < -0.39 is 0 Å². The van der Waals surface area contributed by atoms with Gasteiger partial charge in [0.1, 0.15) is 0 Å². The van der Waals surface area contributed by atoms with E-state index in [1.165, 1.54) is 11.1 Å². The van der Waals surface area contributed by atoms with Crippen molar-refractivity contribution in [2.24, 2.45) is 0 Å². The Morgan fingerprint density at radius 3 is 2.00 bits per heavy atom. The molecule has 8 nitrogen and oxygen atoms in total. The van der Waals surface area contributed by atoms with Crippen LogP contribution in [0.3, 0.4) is 0 Å². The molecule has 0 saturated carbocycles. The van der Waals surface area contributed by atoms with Crippen LogP contribution in [0.25, 0.3) is 11.4 Å². The van der Waals surface area contributed by atoms with Crippen LogP contribution in [0.15, 0.2) is 48.5 Å². The largest absolute Gasteiger partial charge is 1.00 e. The molecule has 0 aliphatic carbocycles. The molecular formula is C27H39ClN6O2. The van der Waals surface area contributed by atoms with E-state index in [4.69, 9.17) is 9.47 Å². The first-order valence-electron chi connectivity index (χ1n) is 12.2. The highest BCUT2D eigenvalue weighted by molar-refractivity contribution is 5.59. The molecule has 3 rings (SSSR count). The molecule has 2 aromatic carbocycles. The van der Waals surface area contributed by atoms with Gasteiger partial charge in [0.2, 0.25) is 11.9 Å². The number of aryl methyl sites for hydroxylation is 1. The molecule has 0 atom stereocenters. The highest BCUT2D eigenvalue weighted by Gasteiger charge is 2.14. The second-order valence-electron chi connectivity index (χ2n) is 9.48. The highest BCUT2D eigenvalue weighted by Crippen LogP contribution is 2.25. The van der Waals surface area contributed by atoms with Crippen LogP contribution in [0.2, 0.25) is 0 Å². The number of nitrogens with zero attached hydrogens (tertiary/aromatic N) is 3. The van der Waals surface area contributed by atoms with Crippen molar-refractivity contribution in [3.05, 3.63) is 65.2 Å². The zero-order chi connectivity index (χ0) is 25.1. The van der Waals surface area contributed by atoms with Gasteiger partial charge in [-0.2, -0.15) is 15.0 Å². The summed E-state index contributed by atoms with van der Waals surface area (Å²) in [4.78, 5) is 13.9. The van der Waals surface area contributed by atoms with Crippen molar-refractivity contribution < 1.29 is 27.6 Å². The van der Waals surface area contributed by atoms with E-state index in [9.17, 15) is 0 Å². The Kier molecular flexibility index (Phi) is 12.0. The molecule has 0 saturated heterocycles. The van der Waals surface area contributed by atoms with Crippen LogP contribution >= 0.6 is 0 Å². The van der Waals surface area contributed by atoms with E-state index in [0.717, 1.165) is 17.7 Å². The molecule has 9 heteroatoms. The molecule has 5 N–H and O–H groups in total. The third-order valence-electron chi connectivity index (χ3n) is 5.41. The fraction of sp³-hybridized carbons (Fsp3) is 0.444. The average molecular weight is 515 g/mol. The van der Waals surface area contributed by atoms with Crippen LogP contribution in [0.4, 0.5) is 11.9 Å². The van der Waals surface area contributed by atoms with Gasteiger partial charge in [0, 0.05) is 18.7 Å². The summed E-state index contributed by atoms with van der Waals surface area (Å²) < 4.78 is 11.0. The van der Waals surface area contributed by atoms with Gasteiger partial charge in [0.25, 0.3) is 0 Å². The van der Waals surface area contributed by atoms with Crippen molar-refractivity contribution in [2.75, 3.05) is 50.2 Å². The zero-order valence-electron chi connectivity index (χ0n) is 21.8. The van der Waals surface area contributed by atoms with Gasteiger partial charge in [-0.15, -0.1) is 0 Å². The maximum absolute atomic E-state index is 5.61. The van der Waals surface area contributed by atoms with Gasteiger partial charge in [-0.3, -0.25) is 0 Å². The first-order valence-corrected chi connectivity index (χ1v) is 12.2. The third-order valence-corrected chi connectivity index (χ3v) is 5.41. The Bertz CT molecular complexity index is 1040. The Balaban J connectivity index is 0.00000456. The van der Waals surface area contributed by atoms with Gasteiger partial charge in [0.15, 0.2) is 5.82 Å². The lowest BCUT2D eigenvalue weighted by Crippen LogP contribution is -3.00. The summed E-state index contributed by atoms with van der Waals surface area (Å²) in [7, 11) is 0. The van der Waals surface area contributed by atoms with E-state index in [1.54, 1.807) is 0 Å². The molecule has 3 aromatic rings. The van der Waals surface area contributed by atoms with Crippen molar-refractivity contribution in [1.29, 1.82) is 0 Å². The number of halogens is 1. The minimum absolute atomic E-state index is 0. The lowest BCUT2D eigenvalue weighted by molar-refractivity contribution is -0.374. The number of aromatic nitrogens is 3. The lowest BCUT2D eigenvalue weighted by Gasteiger charge is -2.19. The monoisotopic (exact) mass is 514 g/mol. The van der Waals surface area contributed by atoms with Crippen LogP contribution in [-0.4, -0.2) is 54.5 Å². The third kappa shape index (κ3) is 9.70. The van der Waals surface area contributed by atoms with Gasteiger partial charge in [-0.1, -0.05) is 74.9 Å². The van der Waals surface area contributed by atoms with Crippen molar-refractivity contribution in [1.82, 2.24) is 15.0 Å². The maximum Gasteiger partial charge on any atom is 0.228 e. The van der Waals surface area contributed by atoms with E-state index in [1.807, 2.05) is 0 Å². The predicted molar refractivity (Wildman–Crippen MR) is 140 cm³/mol. The van der Waals surface area contributed by atoms with Gasteiger partial charge < -0.3 is 38.2 Å². The molecule has 0 aliphatic heterocycles. The Labute approximate surface area is 220 Å². The summed E-state index contributed by atoms with van der Waals surface area (Å²) in [5.74, 6) is 1.66. The van der Waals surface area contributed by atoms with Gasteiger partial charge in [-0.25, -0.2) is 0 Å². The molecule has 0 radical (unpaired) electrons. The molecule has 0 bridgehead atoms. The van der Waals surface area contributed by atoms with Crippen LogP contribution < -0.4 is 28.8 Å². The number of nitrogens with one attached hydrogen (secondary N) is 2. The van der Waals surface area contributed by atoms with Crippen molar-refractivity contribution in [2.45, 2.75) is 39.7 Å². The standard InChI is InChI=1S/C27H38N6O2.ClH/c1-20-5-7-21(8-6-20)19-30-26-32-24(22-9-11-23(12-10-22)27(2,3)4)31-25(33-26)29-14-16-35-18-17-34-15-13-28;/h5-12H,13-19,28H2,1-4H3,(H2,29,30,31,32,33);1H. The fourth-order valence-corrected chi connectivity index (χ4v) is 3.33. The predicted octanol–water partition coefficient (Wildman–Crippen LogP) is 0.448. The number of hydrogen-bond donors (Lipinski definition) is 3. The highest BCUT2D eigenvalue weighted by atomic mass is 35.5. The van der Waals surface area contributed by atoms with Crippen molar-refractivity contribution >= 4 is 11.9 Å². The number of quaternary nitrogens is 1. The summed E-state index contributed by atoms with van der Waals surface area (Å²) >= 11 is 0. The summed E-state index contributed by atoms with van der Waals surface area (Å²) in [5.41, 5.74) is 8.45. The van der Waals surface area contributed by atoms with Crippen LogP contribution in [0, 0.1) is 6.92 Å². The van der Waals surface area contributed by atoms with Gasteiger partial charge in [-0.05, 0) is 23.5 Å². The maximum atomic E-state index is 5.61. The molecule has 1 aromatic heterocycles. The van der Waals surface area contributed by atoms with Crippen LogP contribution in [-0.2, 0) is 21.4 Å². The number of hydrogen-bond acceptors (Lipinski definition) is 7. The molecule has 36 heavy (non-hydrogen) atoms. The van der Waals surface area contributed by atoms with Gasteiger partial charge in [0.05, 0.1) is 33.0 Å². The van der Waals surface area contributed by atoms with E-state index in [0.29, 0.717) is 57.2 Å². The lowest BCUT2D eigenvalue weighted by atomic mass is 9.87. The summed E-state index contributed by atoms with van der Waals surface area (Å²) in [6, 6.07) is 16.8. The number of ether oxygens (including phenoxy) is 2. The molecule has 0 amide bonds. The van der Waals surface area contributed by atoms with Crippen LogP contribution in [0.5, 0.6) is 0 Å². The Morgan fingerprint density at radius 2 is 1.39 bits per heavy atom. The topological polar surface area (TPSA) is 109 Å². The Morgan fingerprint density at radius 1 is 0.778 bits per heavy atom. The normalized spacial score (nSPS) is 11.1. The molecule has 196 valence electrons. The van der Waals surface area contributed by atoms with E-state index >= 15 is 0 Å². The second kappa shape index (κ2) is 14.7. The number of benzene rings is 2.